The number of hydrogen-bond acceptors (Lipinski definition) is 5. The molecule has 1 atom stereocenters. The third-order valence-corrected chi connectivity index (χ3v) is 4.23. The van der Waals surface area contributed by atoms with Crippen molar-refractivity contribution in [3.05, 3.63) is 30.9 Å². The summed E-state index contributed by atoms with van der Waals surface area (Å²) in [5.74, 6) is 0.213. The molecule has 24 heavy (non-hydrogen) atoms. The number of aromatic amines is 1. The van der Waals surface area contributed by atoms with Gasteiger partial charge in [0.2, 0.25) is 0 Å². The van der Waals surface area contributed by atoms with Gasteiger partial charge in [0.15, 0.2) is 5.65 Å². The van der Waals surface area contributed by atoms with Crippen LogP contribution in [0, 0.1) is 17.2 Å². The lowest BCUT2D eigenvalue weighted by Crippen LogP contribution is -2.10. The van der Waals surface area contributed by atoms with Crippen molar-refractivity contribution in [3.63, 3.8) is 0 Å². The van der Waals surface area contributed by atoms with Crippen LogP contribution in [-0.2, 0) is 6.54 Å². The maximum Gasteiger partial charge on any atom is 0.160 e. The number of fused-ring (bicyclic) bond motifs is 1. The lowest BCUT2D eigenvalue weighted by molar-refractivity contribution is 0.202. The molecule has 3 aromatic rings. The first kappa shape index (κ1) is 16.1. The summed E-state index contributed by atoms with van der Waals surface area (Å²) in [6, 6.07) is 4.12. The van der Waals surface area contributed by atoms with E-state index in [1.54, 1.807) is 6.20 Å². The van der Waals surface area contributed by atoms with Crippen molar-refractivity contribution in [1.29, 1.82) is 5.26 Å². The Kier molecular flexibility index (Phi) is 5.18. The van der Waals surface area contributed by atoms with Gasteiger partial charge in [-0.2, -0.15) is 15.5 Å². The average Bonchev–Trinajstić information content (AvgIpc) is 3.26. The van der Waals surface area contributed by atoms with Crippen molar-refractivity contribution in [2.45, 2.75) is 32.2 Å². The molecule has 0 amide bonds. The molecule has 0 saturated carbocycles. The van der Waals surface area contributed by atoms with E-state index in [1.807, 2.05) is 29.3 Å². The number of unbranched alkanes of at least 4 members (excludes halogenated alkanes) is 1. The van der Waals surface area contributed by atoms with Gasteiger partial charge in [-0.05, 0) is 31.2 Å². The Hall–Kier alpha value is -2.72. The molecule has 0 aliphatic rings. The number of rotatable bonds is 8. The number of aromatic nitrogens is 5. The minimum atomic E-state index is 0.151. The van der Waals surface area contributed by atoms with Gasteiger partial charge in [-0.1, -0.05) is 0 Å². The first-order valence-electron chi connectivity index (χ1n) is 8.11. The first-order chi connectivity index (χ1) is 11.8. The number of nitrogens with one attached hydrogen (secondary N) is 1. The van der Waals surface area contributed by atoms with Crippen LogP contribution in [0.3, 0.4) is 0 Å². The highest BCUT2D eigenvalue weighted by Gasteiger charge is 2.11. The van der Waals surface area contributed by atoms with Gasteiger partial charge < -0.3 is 10.1 Å². The first-order valence-corrected chi connectivity index (χ1v) is 8.11. The van der Waals surface area contributed by atoms with Gasteiger partial charge in [0.25, 0.3) is 0 Å². The fourth-order valence-corrected chi connectivity index (χ4v) is 2.84. The summed E-state index contributed by atoms with van der Waals surface area (Å²) in [4.78, 5) is 3.06. The monoisotopic (exact) mass is 324 g/mol. The van der Waals surface area contributed by atoms with Crippen molar-refractivity contribution in [2.24, 2.45) is 5.92 Å². The third-order valence-electron chi connectivity index (χ3n) is 4.23. The quantitative estimate of drug-likeness (QED) is 0.620. The molecule has 0 saturated heterocycles. The maximum atomic E-state index is 9.45. The fourth-order valence-electron chi connectivity index (χ4n) is 2.84. The zero-order valence-electron chi connectivity index (χ0n) is 13.4. The van der Waals surface area contributed by atoms with Crippen molar-refractivity contribution < 1.29 is 5.11 Å². The van der Waals surface area contributed by atoms with E-state index in [1.165, 1.54) is 0 Å². The van der Waals surface area contributed by atoms with E-state index in [9.17, 15) is 5.11 Å². The average molecular weight is 324 g/mol. The van der Waals surface area contributed by atoms with E-state index in [4.69, 9.17) is 5.26 Å². The molecule has 7 heteroatoms. The van der Waals surface area contributed by atoms with Crippen LogP contribution in [0.4, 0.5) is 0 Å². The minimum Gasteiger partial charge on any atom is -0.396 e. The Morgan fingerprint density at radius 2 is 2.25 bits per heavy atom. The summed E-state index contributed by atoms with van der Waals surface area (Å²) in [5, 5.41) is 31.6. The molecule has 0 fully saturated rings. The second-order valence-electron chi connectivity index (χ2n) is 5.88. The molecule has 0 bridgehead atoms. The standard InChI is InChI=1S/C17H20N6O/c18-6-2-1-3-13(12-24)5-8-23-11-14(9-21-23)16-10-20-22-17-15(16)4-7-19-17/h4,7,9-11,13,24H,1-3,5,8,12H2,(H,19,22). The van der Waals surface area contributed by atoms with Gasteiger partial charge in [-0.15, -0.1) is 5.10 Å². The zero-order chi connectivity index (χ0) is 16.8. The van der Waals surface area contributed by atoms with E-state index < -0.39 is 0 Å². The lowest BCUT2D eigenvalue weighted by Gasteiger charge is -2.12. The molecular weight excluding hydrogens is 304 g/mol. The molecule has 2 N–H and O–H groups in total. The minimum absolute atomic E-state index is 0.151. The van der Waals surface area contributed by atoms with Gasteiger partial charge in [0.05, 0.1) is 18.5 Å². The van der Waals surface area contributed by atoms with Gasteiger partial charge in [-0.3, -0.25) is 4.68 Å². The summed E-state index contributed by atoms with van der Waals surface area (Å²) < 4.78 is 1.89. The second kappa shape index (κ2) is 7.70. The Balaban J connectivity index is 1.65. The van der Waals surface area contributed by atoms with Gasteiger partial charge >= 0.3 is 0 Å². The van der Waals surface area contributed by atoms with E-state index >= 15 is 0 Å². The number of nitriles is 1. The van der Waals surface area contributed by atoms with Crippen molar-refractivity contribution in [3.8, 4) is 17.2 Å². The number of hydrogen-bond donors (Lipinski definition) is 2. The van der Waals surface area contributed by atoms with Crippen LogP contribution in [0.1, 0.15) is 25.7 Å². The number of aliphatic hydroxyl groups is 1. The molecule has 124 valence electrons. The highest BCUT2D eigenvalue weighted by atomic mass is 16.3. The topological polar surface area (TPSA) is 103 Å². The summed E-state index contributed by atoms with van der Waals surface area (Å²) in [6.45, 7) is 0.893. The van der Waals surface area contributed by atoms with Crippen molar-refractivity contribution in [1.82, 2.24) is 25.0 Å². The molecule has 0 aromatic carbocycles. The molecule has 0 radical (unpaired) electrons. The summed E-state index contributed by atoms with van der Waals surface area (Å²) >= 11 is 0. The number of H-pyrrole nitrogens is 1. The molecule has 3 heterocycles. The second-order valence-corrected chi connectivity index (χ2v) is 5.88. The molecule has 3 aromatic heterocycles. The van der Waals surface area contributed by atoms with Crippen LogP contribution in [0.25, 0.3) is 22.2 Å². The van der Waals surface area contributed by atoms with E-state index in [-0.39, 0.29) is 12.5 Å². The van der Waals surface area contributed by atoms with Gasteiger partial charge in [0.1, 0.15) is 0 Å². The van der Waals surface area contributed by atoms with E-state index in [0.717, 1.165) is 48.0 Å². The SMILES string of the molecule is N#CCCCC(CO)CCn1cc(-c2cnnc3[nH]ccc23)cn1. The number of aryl methyl sites for hydroxylation is 1. The largest absolute Gasteiger partial charge is 0.396 e. The molecule has 0 aliphatic heterocycles. The Labute approximate surface area is 140 Å². The summed E-state index contributed by atoms with van der Waals surface area (Å²) in [6.07, 6.45) is 10.5. The molecule has 0 aliphatic carbocycles. The van der Waals surface area contributed by atoms with Crippen LogP contribution in [0.2, 0.25) is 0 Å². The molecule has 0 spiro atoms. The van der Waals surface area contributed by atoms with Crippen LogP contribution in [-0.4, -0.2) is 36.7 Å². The van der Waals surface area contributed by atoms with Gasteiger partial charge in [-0.25, -0.2) is 0 Å². The van der Waals surface area contributed by atoms with Crippen LogP contribution in [0.5, 0.6) is 0 Å². The molecule has 7 nitrogen and oxygen atoms in total. The Bertz CT molecular complexity index is 831. The van der Waals surface area contributed by atoms with Crippen molar-refractivity contribution in [2.75, 3.05) is 6.61 Å². The Morgan fingerprint density at radius 1 is 1.33 bits per heavy atom. The molecular formula is C17H20N6O. The predicted molar refractivity (Wildman–Crippen MR) is 89.8 cm³/mol. The smallest absolute Gasteiger partial charge is 0.160 e. The predicted octanol–water partition coefficient (Wildman–Crippen LogP) is 2.51. The lowest BCUT2D eigenvalue weighted by atomic mass is 9.99. The normalized spacial score (nSPS) is 12.3. The van der Waals surface area contributed by atoms with E-state index in [2.05, 4.69) is 26.3 Å². The molecule has 3 rings (SSSR count). The van der Waals surface area contributed by atoms with E-state index in [0.29, 0.717) is 6.42 Å². The van der Waals surface area contributed by atoms with Crippen LogP contribution >= 0.6 is 0 Å². The Morgan fingerprint density at radius 3 is 3.08 bits per heavy atom. The van der Waals surface area contributed by atoms with Gasteiger partial charge in [0, 0.05) is 48.5 Å². The molecule has 1 unspecified atom stereocenters. The maximum absolute atomic E-state index is 9.45. The summed E-state index contributed by atoms with van der Waals surface area (Å²) in [5.41, 5.74) is 2.76. The number of aliphatic hydroxyl groups excluding tert-OH is 1. The third kappa shape index (κ3) is 3.60. The zero-order valence-corrected chi connectivity index (χ0v) is 13.4. The highest BCUT2D eigenvalue weighted by molar-refractivity contribution is 5.91. The number of nitrogens with zero attached hydrogens (tertiary/aromatic N) is 5. The van der Waals surface area contributed by atoms with Crippen LogP contribution in [0.15, 0.2) is 30.9 Å². The fraction of sp³-hybridized carbons (Fsp3) is 0.412. The van der Waals surface area contributed by atoms with Crippen molar-refractivity contribution >= 4 is 11.0 Å². The van der Waals surface area contributed by atoms with Crippen LogP contribution < -0.4 is 0 Å². The highest BCUT2D eigenvalue weighted by Crippen LogP contribution is 2.25. The summed E-state index contributed by atoms with van der Waals surface area (Å²) in [7, 11) is 0.